The Bertz CT molecular complexity index is 1200. The predicted octanol–water partition coefficient (Wildman–Crippen LogP) is 6.51. The minimum Gasteiger partial charge on any atom is -0.497 e. The van der Waals surface area contributed by atoms with Crippen LogP contribution < -0.4 is 15.0 Å². The van der Waals surface area contributed by atoms with Crippen LogP contribution in [0.15, 0.2) is 84.1 Å². The van der Waals surface area contributed by atoms with Crippen LogP contribution in [0.5, 0.6) is 5.75 Å². The number of hydrogen-bond donors (Lipinski definition) is 1. The van der Waals surface area contributed by atoms with Crippen molar-refractivity contribution in [3.05, 3.63) is 95.5 Å². The van der Waals surface area contributed by atoms with Crippen molar-refractivity contribution in [3.63, 3.8) is 0 Å². The lowest BCUT2D eigenvalue weighted by atomic mass is 10.2. The highest BCUT2D eigenvalue weighted by Gasteiger charge is 2.15. The molecular weight excluding hydrogens is 471 g/mol. The lowest BCUT2D eigenvalue weighted by molar-refractivity contribution is 0.415. The zero-order valence-electron chi connectivity index (χ0n) is 19.0. The number of anilines is 2. The number of halogens is 2. The molecule has 4 rings (SSSR count). The molecule has 176 valence electrons. The third-order valence-electron chi connectivity index (χ3n) is 5.31. The molecule has 0 spiro atoms. The molecule has 0 fully saturated rings. The van der Waals surface area contributed by atoms with Crippen LogP contribution in [0.4, 0.5) is 15.8 Å². The Balaban J connectivity index is 1.48. The van der Waals surface area contributed by atoms with E-state index in [0.717, 1.165) is 46.0 Å². The average Bonchev–Trinajstić information content (AvgIpc) is 3.25. The van der Waals surface area contributed by atoms with Crippen molar-refractivity contribution in [2.45, 2.75) is 11.7 Å². The van der Waals surface area contributed by atoms with E-state index >= 15 is 0 Å². The van der Waals surface area contributed by atoms with Gasteiger partial charge >= 0.3 is 0 Å². The molecule has 8 heteroatoms. The van der Waals surface area contributed by atoms with Gasteiger partial charge in [0.15, 0.2) is 5.16 Å². The van der Waals surface area contributed by atoms with E-state index in [9.17, 15) is 4.39 Å². The number of imidazole rings is 1. The second kappa shape index (κ2) is 11.3. The van der Waals surface area contributed by atoms with Gasteiger partial charge in [0.1, 0.15) is 11.6 Å². The minimum absolute atomic E-state index is 0.245. The minimum atomic E-state index is -0.245. The summed E-state index contributed by atoms with van der Waals surface area (Å²) in [4.78, 5) is 6.78. The van der Waals surface area contributed by atoms with Gasteiger partial charge in [-0.1, -0.05) is 23.4 Å². The van der Waals surface area contributed by atoms with E-state index in [-0.39, 0.29) is 5.82 Å². The highest BCUT2D eigenvalue weighted by atomic mass is 35.5. The number of rotatable bonds is 10. The van der Waals surface area contributed by atoms with Gasteiger partial charge in [-0.2, -0.15) is 0 Å². The molecule has 34 heavy (non-hydrogen) atoms. The number of ether oxygens (including phenoxy) is 1. The number of aromatic nitrogens is 2. The summed E-state index contributed by atoms with van der Waals surface area (Å²) in [7, 11) is 3.64. The van der Waals surface area contributed by atoms with Gasteiger partial charge in [0, 0.05) is 41.4 Å². The summed E-state index contributed by atoms with van der Waals surface area (Å²) < 4.78 is 20.7. The summed E-state index contributed by atoms with van der Waals surface area (Å²) in [5.41, 5.74) is 4.00. The molecule has 0 aliphatic carbocycles. The molecule has 3 aromatic carbocycles. The summed E-state index contributed by atoms with van der Waals surface area (Å²) in [5, 5.41) is 5.02. The number of nitrogens with zero attached hydrogens (tertiary/aromatic N) is 3. The second-order valence-electron chi connectivity index (χ2n) is 7.68. The molecule has 0 aliphatic heterocycles. The molecule has 0 amide bonds. The van der Waals surface area contributed by atoms with Gasteiger partial charge in [-0.3, -0.25) is 4.57 Å². The molecule has 0 unspecified atom stereocenters. The molecule has 0 bridgehead atoms. The monoisotopic (exact) mass is 496 g/mol. The van der Waals surface area contributed by atoms with Crippen LogP contribution in [0.2, 0.25) is 5.02 Å². The summed E-state index contributed by atoms with van der Waals surface area (Å²) in [6.07, 6.45) is 1.90. The van der Waals surface area contributed by atoms with Gasteiger partial charge in [-0.05, 0) is 72.8 Å². The predicted molar refractivity (Wildman–Crippen MR) is 139 cm³/mol. The number of benzene rings is 3. The van der Waals surface area contributed by atoms with Crippen LogP contribution >= 0.6 is 23.4 Å². The molecule has 1 aromatic heterocycles. The first kappa shape index (κ1) is 24.0. The van der Waals surface area contributed by atoms with Gasteiger partial charge in [0.2, 0.25) is 0 Å². The molecule has 0 saturated carbocycles. The highest BCUT2D eigenvalue weighted by molar-refractivity contribution is 7.99. The Morgan fingerprint density at radius 1 is 1.03 bits per heavy atom. The van der Waals surface area contributed by atoms with Crippen LogP contribution in [-0.2, 0) is 6.54 Å². The van der Waals surface area contributed by atoms with Crippen molar-refractivity contribution in [2.24, 2.45) is 0 Å². The van der Waals surface area contributed by atoms with Gasteiger partial charge in [-0.25, -0.2) is 9.37 Å². The third kappa shape index (κ3) is 6.04. The number of hydrogen-bond acceptors (Lipinski definition) is 5. The van der Waals surface area contributed by atoms with Crippen molar-refractivity contribution < 1.29 is 9.13 Å². The highest BCUT2D eigenvalue weighted by Crippen LogP contribution is 2.26. The maximum atomic E-state index is 13.3. The Morgan fingerprint density at radius 3 is 2.41 bits per heavy atom. The Hall–Kier alpha value is -3.16. The van der Waals surface area contributed by atoms with Crippen LogP contribution in [0.3, 0.4) is 0 Å². The van der Waals surface area contributed by atoms with Gasteiger partial charge in [0.05, 0.1) is 25.5 Å². The maximum absolute atomic E-state index is 13.3. The first-order chi connectivity index (χ1) is 16.5. The molecule has 0 saturated heterocycles. The van der Waals surface area contributed by atoms with E-state index in [1.54, 1.807) is 31.0 Å². The standard InChI is InChI=1S/C26H26ClFN4OS/c1-31(22-11-5-20(28)6-12-22)18-24-17-30-26(32(24)23-9-3-19(27)4-10-23)34-16-15-29-21-7-13-25(33-2)14-8-21/h3-14,17,29H,15-16,18H2,1-2H3. The van der Waals surface area contributed by atoms with E-state index in [4.69, 9.17) is 21.3 Å². The molecular formula is C26H26ClFN4OS. The van der Waals surface area contributed by atoms with E-state index in [1.165, 1.54) is 12.1 Å². The summed E-state index contributed by atoms with van der Waals surface area (Å²) in [6, 6.07) is 22.1. The van der Waals surface area contributed by atoms with E-state index in [1.807, 2.05) is 61.8 Å². The molecule has 1 heterocycles. The van der Waals surface area contributed by atoms with Gasteiger partial charge < -0.3 is 15.0 Å². The van der Waals surface area contributed by atoms with Gasteiger partial charge in [0.25, 0.3) is 0 Å². The van der Waals surface area contributed by atoms with E-state index < -0.39 is 0 Å². The lowest BCUT2D eigenvalue weighted by Gasteiger charge is -2.21. The molecule has 0 radical (unpaired) electrons. The topological polar surface area (TPSA) is 42.3 Å². The first-order valence-electron chi connectivity index (χ1n) is 10.8. The molecule has 0 aliphatic rings. The third-order valence-corrected chi connectivity index (χ3v) is 6.51. The van der Waals surface area contributed by atoms with Crippen molar-refractivity contribution in [1.82, 2.24) is 9.55 Å². The van der Waals surface area contributed by atoms with Crippen LogP contribution in [0, 0.1) is 5.82 Å². The summed E-state index contributed by atoms with van der Waals surface area (Å²) in [5.74, 6) is 1.43. The average molecular weight is 497 g/mol. The molecule has 1 N–H and O–H groups in total. The number of thioether (sulfide) groups is 1. The largest absolute Gasteiger partial charge is 0.497 e. The summed E-state index contributed by atoms with van der Waals surface area (Å²) >= 11 is 7.81. The second-order valence-corrected chi connectivity index (χ2v) is 9.18. The van der Waals surface area contributed by atoms with E-state index in [0.29, 0.717) is 11.6 Å². The van der Waals surface area contributed by atoms with Crippen molar-refractivity contribution >= 4 is 34.7 Å². The number of methoxy groups -OCH3 is 1. The Kier molecular flexibility index (Phi) is 7.98. The van der Waals surface area contributed by atoms with Crippen LogP contribution in [0.25, 0.3) is 5.69 Å². The Labute approximate surface area is 208 Å². The molecule has 0 atom stereocenters. The summed E-state index contributed by atoms with van der Waals surface area (Å²) in [6.45, 7) is 1.40. The molecule has 4 aromatic rings. The van der Waals surface area contributed by atoms with Crippen LogP contribution in [0.1, 0.15) is 5.69 Å². The fourth-order valence-corrected chi connectivity index (χ4v) is 4.52. The van der Waals surface area contributed by atoms with Crippen molar-refractivity contribution in [3.8, 4) is 11.4 Å². The first-order valence-corrected chi connectivity index (χ1v) is 12.2. The normalized spacial score (nSPS) is 10.8. The quantitative estimate of drug-likeness (QED) is 0.200. The fourth-order valence-electron chi connectivity index (χ4n) is 3.52. The Morgan fingerprint density at radius 2 is 1.74 bits per heavy atom. The SMILES string of the molecule is COc1ccc(NCCSc2ncc(CN(C)c3ccc(F)cc3)n2-c2ccc(Cl)cc2)cc1. The zero-order valence-corrected chi connectivity index (χ0v) is 20.6. The lowest BCUT2D eigenvalue weighted by Crippen LogP contribution is -2.18. The smallest absolute Gasteiger partial charge is 0.172 e. The van der Waals surface area contributed by atoms with Crippen molar-refractivity contribution in [1.29, 1.82) is 0 Å². The van der Waals surface area contributed by atoms with E-state index in [2.05, 4.69) is 14.8 Å². The van der Waals surface area contributed by atoms with Gasteiger partial charge in [-0.15, -0.1) is 0 Å². The fraction of sp³-hybridized carbons (Fsp3) is 0.192. The maximum Gasteiger partial charge on any atom is 0.172 e. The molecule has 5 nitrogen and oxygen atoms in total. The van der Waals surface area contributed by atoms with Crippen molar-refractivity contribution in [2.75, 3.05) is 36.7 Å². The van der Waals surface area contributed by atoms with Crippen LogP contribution in [-0.4, -0.2) is 36.0 Å². The number of nitrogens with one attached hydrogen (secondary N) is 1. The zero-order chi connectivity index (χ0) is 23.9.